The number of nitrogens with zero attached hydrogens (tertiary/aromatic N) is 5. The van der Waals surface area contributed by atoms with Crippen molar-refractivity contribution in [2.24, 2.45) is 7.05 Å². The molecule has 3 heterocycles. The van der Waals surface area contributed by atoms with Crippen LogP contribution in [0.15, 0.2) is 51.3 Å². The maximum atomic E-state index is 10.6. The Hall–Kier alpha value is -2.68. The molecule has 0 unspecified atom stereocenters. The third kappa shape index (κ3) is 2.63. The van der Waals surface area contributed by atoms with Crippen LogP contribution in [-0.2, 0) is 7.05 Å². The van der Waals surface area contributed by atoms with Gasteiger partial charge in [-0.05, 0) is 30.0 Å². The minimum atomic E-state index is -0.487. The Labute approximate surface area is 123 Å². The van der Waals surface area contributed by atoms with E-state index in [0.29, 0.717) is 21.8 Å². The number of pyridine rings is 1. The topological polar surface area (TPSA) is 99.9 Å². The maximum Gasteiger partial charge on any atom is 0.287 e. The Morgan fingerprint density at radius 1 is 1.33 bits per heavy atom. The summed E-state index contributed by atoms with van der Waals surface area (Å²) in [5.74, 6) is 1.22. The molecule has 0 saturated heterocycles. The van der Waals surface area contributed by atoms with Crippen LogP contribution in [0.1, 0.15) is 0 Å². The summed E-state index contributed by atoms with van der Waals surface area (Å²) in [6.45, 7) is 0. The zero-order valence-corrected chi connectivity index (χ0v) is 11.6. The second kappa shape index (κ2) is 5.37. The summed E-state index contributed by atoms with van der Waals surface area (Å²) in [5, 5.41) is 19.9. The lowest BCUT2D eigenvalue weighted by atomic mass is 10.4. The summed E-state index contributed by atoms with van der Waals surface area (Å²) < 4.78 is 7.05. The molecule has 0 N–H and O–H groups in total. The quantitative estimate of drug-likeness (QED) is 0.539. The van der Waals surface area contributed by atoms with E-state index in [2.05, 4.69) is 15.2 Å². The van der Waals surface area contributed by atoms with Gasteiger partial charge in [-0.3, -0.25) is 10.1 Å². The van der Waals surface area contributed by atoms with Gasteiger partial charge in [-0.25, -0.2) is 4.98 Å². The molecule has 0 aliphatic heterocycles. The highest BCUT2D eigenvalue weighted by Gasteiger charge is 2.15. The SMILES string of the molecule is Cn1c(Sc2ccc([N+](=O)[O-])cn2)nnc1-c1ccco1. The van der Waals surface area contributed by atoms with Gasteiger partial charge < -0.3 is 8.98 Å². The first-order chi connectivity index (χ1) is 10.1. The van der Waals surface area contributed by atoms with Gasteiger partial charge in [0.05, 0.1) is 11.2 Å². The molecule has 0 atom stereocenters. The van der Waals surface area contributed by atoms with Gasteiger partial charge in [0.15, 0.2) is 16.7 Å². The minimum absolute atomic E-state index is 0.0476. The number of furan rings is 1. The Morgan fingerprint density at radius 3 is 2.81 bits per heavy atom. The molecular weight excluding hydrogens is 294 g/mol. The van der Waals surface area contributed by atoms with E-state index < -0.39 is 4.92 Å². The highest BCUT2D eigenvalue weighted by molar-refractivity contribution is 7.99. The number of rotatable bonds is 4. The van der Waals surface area contributed by atoms with Crippen molar-refractivity contribution in [3.63, 3.8) is 0 Å². The van der Waals surface area contributed by atoms with Crippen molar-refractivity contribution in [1.82, 2.24) is 19.7 Å². The molecule has 0 fully saturated rings. The van der Waals surface area contributed by atoms with E-state index in [1.165, 1.54) is 24.0 Å². The fraction of sp³-hybridized carbons (Fsp3) is 0.0833. The van der Waals surface area contributed by atoms with E-state index in [0.717, 1.165) is 0 Å². The smallest absolute Gasteiger partial charge is 0.287 e. The van der Waals surface area contributed by atoms with Gasteiger partial charge in [-0.2, -0.15) is 0 Å². The van der Waals surface area contributed by atoms with Crippen LogP contribution in [0, 0.1) is 10.1 Å². The van der Waals surface area contributed by atoms with Crippen molar-refractivity contribution < 1.29 is 9.34 Å². The van der Waals surface area contributed by atoms with Crippen LogP contribution in [0.5, 0.6) is 0 Å². The predicted octanol–water partition coefficient (Wildman–Crippen LogP) is 2.53. The van der Waals surface area contributed by atoms with Crippen LogP contribution in [0.3, 0.4) is 0 Å². The average molecular weight is 303 g/mol. The lowest BCUT2D eigenvalue weighted by Gasteiger charge is -2.01. The first kappa shape index (κ1) is 13.3. The lowest BCUT2D eigenvalue weighted by Crippen LogP contribution is -1.94. The number of nitro groups is 1. The molecular formula is C12H9N5O3S. The summed E-state index contributed by atoms with van der Waals surface area (Å²) >= 11 is 1.27. The Kier molecular flexibility index (Phi) is 3.40. The fourth-order valence-electron chi connectivity index (χ4n) is 1.66. The number of aromatic nitrogens is 4. The third-order valence-electron chi connectivity index (χ3n) is 2.70. The van der Waals surface area contributed by atoms with Gasteiger partial charge in [0.25, 0.3) is 5.69 Å². The molecule has 0 spiro atoms. The van der Waals surface area contributed by atoms with Crippen LogP contribution < -0.4 is 0 Å². The van der Waals surface area contributed by atoms with Gasteiger partial charge in [-0.15, -0.1) is 10.2 Å². The Bertz CT molecular complexity index is 767. The molecule has 0 amide bonds. The largest absolute Gasteiger partial charge is 0.461 e. The highest BCUT2D eigenvalue weighted by atomic mass is 32.2. The van der Waals surface area contributed by atoms with Gasteiger partial charge in [0.1, 0.15) is 11.2 Å². The minimum Gasteiger partial charge on any atom is -0.461 e. The molecule has 0 aromatic carbocycles. The fourth-order valence-corrected chi connectivity index (χ4v) is 2.39. The second-order valence-electron chi connectivity index (χ2n) is 4.06. The van der Waals surface area contributed by atoms with E-state index in [-0.39, 0.29) is 5.69 Å². The van der Waals surface area contributed by atoms with E-state index in [4.69, 9.17) is 4.42 Å². The van der Waals surface area contributed by atoms with Crippen LogP contribution in [0.25, 0.3) is 11.6 Å². The summed E-state index contributed by atoms with van der Waals surface area (Å²) in [5.41, 5.74) is -0.0476. The van der Waals surface area contributed by atoms with Crippen LogP contribution in [-0.4, -0.2) is 24.7 Å². The molecule has 21 heavy (non-hydrogen) atoms. The molecule has 3 rings (SSSR count). The average Bonchev–Trinajstić information content (AvgIpc) is 3.10. The molecule has 9 heteroatoms. The van der Waals surface area contributed by atoms with Gasteiger partial charge in [0.2, 0.25) is 0 Å². The molecule has 0 saturated carbocycles. The van der Waals surface area contributed by atoms with E-state index in [1.54, 1.807) is 29.0 Å². The van der Waals surface area contributed by atoms with Crippen LogP contribution in [0.4, 0.5) is 5.69 Å². The molecule has 3 aromatic rings. The molecule has 0 bridgehead atoms. The maximum absolute atomic E-state index is 10.6. The first-order valence-electron chi connectivity index (χ1n) is 5.86. The zero-order valence-electron chi connectivity index (χ0n) is 10.8. The molecule has 3 aromatic heterocycles. The van der Waals surface area contributed by atoms with Crippen molar-refractivity contribution >= 4 is 17.4 Å². The second-order valence-corrected chi connectivity index (χ2v) is 5.04. The van der Waals surface area contributed by atoms with Crippen molar-refractivity contribution in [3.8, 4) is 11.6 Å². The normalized spacial score (nSPS) is 10.7. The first-order valence-corrected chi connectivity index (χ1v) is 6.68. The van der Waals surface area contributed by atoms with Crippen molar-refractivity contribution in [3.05, 3.63) is 46.8 Å². The van der Waals surface area contributed by atoms with Gasteiger partial charge >= 0.3 is 0 Å². The highest BCUT2D eigenvalue weighted by Crippen LogP contribution is 2.28. The molecule has 0 radical (unpaired) electrons. The summed E-state index contributed by atoms with van der Waals surface area (Å²) in [6, 6.07) is 6.54. The number of hydrogen-bond acceptors (Lipinski definition) is 7. The standard InChI is InChI=1S/C12H9N5O3S/c1-16-11(9-3-2-6-20-9)14-15-12(16)21-10-5-4-8(7-13-10)17(18)19/h2-7H,1H3. The van der Waals surface area contributed by atoms with Crippen LogP contribution in [0.2, 0.25) is 0 Å². The van der Waals surface area contributed by atoms with Crippen molar-refractivity contribution in [1.29, 1.82) is 0 Å². The van der Waals surface area contributed by atoms with Crippen molar-refractivity contribution in [2.45, 2.75) is 10.2 Å². The molecule has 0 aliphatic carbocycles. The predicted molar refractivity (Wildman–Crippen MR) is 73.7 cm³/mol. The Morgan fingerprint density at radius 2 is 2.19 bits per heavy atom. The lowest BCUT2D eigenvalue weighted by molar-refractivity contribution is -0.385. The van der Waals surface area contributed by atoms with E-state index in [9.17, 15) is 10.1 Å². The summed E-state index contributed by atoms with van der Waals surface area (Å²) in [7, 11) is 1.81. The van der Waals surface area contributed by atoms with E-state index in [1.807, 2.05) is 7.05 Å². The van der Waals surface area contributed by atoms with Gasteiger partial charge in [-0.1, -0.05) is 0 Å². The van der Waals surface area contributed by atoms with Crippen molar-refractivity contribution in [2.75, 3.05) is 0 Å². The van der Waals surface area contributed by atoms with Crippen LogP contribution >= 0.6 is 11.8 Å². The zero-order chi connectivity index (χ0) is 14.8. The summed E-state index contributed by atoms with van der Waals surface area (Å²) in [4.78, 5) is 14.1. The molecule has 8 nitrogen and oxygen atoms in total. The third-order valence-corrected chi connectivity index (χ3v) is 3.69. The summed E-state index contributed by atoms with van der Waals surface area (Å²) in [6.07, 6.45) is 2.78. The molecule has 0 aliphatic rings. The molecule has 106 valence electrons. The van der Waals surface area contributed by atoms with Gasteiger partial charge in [0, 0.05) is 13.1 Å². The Balaban J connectivity index is 1.84. The number of hydrogen-bond donors (Lipinski definition) is 0. The monoisotopic (exact) mass is 303 g/mol. The van der Waals surface area contributed by atoms with E-state index >= 15 is 0 Å².